The number of hydrogen-bond acceptors (Lipinski definition) is 3. The number of aryl methyl sites for hydroxylation is 1. The first kappa shape index (κ1) is 15.3. The maximum atomic E-state index is 12.1. The molecule has 0 radical (unpaired) electrons. The van der Waals surface area contributed by atoms with Crippen LogP contribution in [0.2, 0.25) is 0 Å². The minimum atomic E-state index is -1.06. The highest BCUT2D eigenvalue weighted by Gasteiger charge is 2.29. The molecule has 2 rings (SSSR count). The molecule has 1 heterocycles. The van der Waals surface area contributed by atoms with E-state index in [0.29, 0.717) is 18.9 Å². The van der Waals surface area contributed by atoms with Gasteiger partial charge in [-0.3, -0.25) is 0 Å². The predicted octanol–water partition coefficient (Wildman–Crippen LogP) is 2.38. The number of aromatic carboxylic acids is 1. The van der Waals surface area contributed by atoms with Crippen LogP contribution in [-0.4, -0.2) is 35.9 Å². The molecule has 1 aliphatic heterocycles. The van der Waals surface area contributed by atoms with E-state index in [0.717, 1.165) is 18.4 Å². The largest absolute Gasteiger partial charge is 0.478 e. The van der Waals surface area contributed by atoms with Gasteiger partial charge in [0.2, 0.25) is 0 Å². The number of carbonyl (C=O) groups is 2. The fourth-order valence-corrected chi connectivity index (χ4v) is 2.32. The van der Waals surface area contributed by atoms with E-state index >= 15 is 0 Å². The molecule has 1 aromatic rings. The molecule has 6 nitrogen and oxygen atoms in total. The third kappa shape index (κ3) is 3.95. The maximum absolute atomic E-state index is 12.1. The third-order valence-corrected chi connectivity index (χ3v) is 3.67. The van der Waals surface area contributed by atoms with Crippen LogP contribution in [0.25, 0.3) is 0 Å². The van der Waals surface area contributed by atoms with Crippen LogP contribution in [-0.2, 0) is 4.74 Å². The Morgan fingerprint density at radius 1 is 1.29 bits per heavy atom. The van der Waals surface area contributed by atoms with Crippen molar-refractivity contribution in [3.63, 3.8) is 0 Å². The second-order valence-electron chi connectivity index (χ2n) is 5.61. The van der Waals surface area contributed by atoms with Crippen LogP contribution in [0.5, 0.6) is 0 Å². The normalized spacial score (nSPS) is 17.0. The number of hydrogen-bond donors (Lipinski definition) is 3. The lowest BCUT2D eigenvalue weighted by Crippen LogP contribution is -2.51. The number of ether oxygens (including phenoxy) is 1. The molecule has 0 aliphatic carbocycles. The number of carboxylic acids is 1. The SMILES string of the molecule is Cc1ccc(NC(=O)NC2(C)CCOCC2)c(C(=O)O)c1. The van der Waals surface area contributed by atoms with E-state index < -0.39 is 12.0 Å². The third-order valence-electron chi connectivity index (χ3n) is 3.67. The zero-order chi connectivity index (χ0) is 15.5. The Labute approximate surface area is 123 Å². The number of urea groups is 1. The summed E-state index contributed by atoms with van der Waals surface area (Å²) in [6.45, 7) is 4.99. The van der Waals surface area contributed by atoms with Crippen molar-refractivity contribution in [1.82, 2.24) is 5.32 Å². The van der Waals surface area contributed by atoms with Crippen LogP contribution in [0.15, 0.2) is 18.2 Å². The Kier molecular flexibility index (Phi) is 4.47. The first-order chi connectivity index (χ1) is 9.89. The first-order valence-electron chi connectivity index (χ1n) is 6.90. The number of rotatable bonds is 3. The van der Waals surface area contributed by atoms with E-state index in [1.807, 2.05) is 6.92 Å². The molecule has 1 saturated heterocycles. The summed E-state index contributed by atoms with van der Waals surface area (Å²) >= 11 is 0. The van der Waals surface area contributed by atoms with Gasteiger partial charge in [-0.15, -0.1) is 0 Å². The predicted molar refractivity (Wildman–Crippen MR) is 78.8 cm³/mol. The number of carboxylic acid groups (broad SMARTS) is 1. The lowest BCUT2D eigenvalue weighted by molar-refractivity contribution is 0.0499. The summed E-state index contributed by atoms with van der Waals surface area (Å²) in [5.74, 6) is -1.06. The molecule has 0 saturated carbocycles. The van der Waals surface area contributed by atoms with E-state index in [1.54, 1.807) is 19.1 Å². The molecule has 1 aliphatic rings. The van der Waals surface area contributed by atoms with E-state index in [2.05, 4.69) is 10.6 Å². The van der Waals surface area contributed by atoms with Crippen molar-refractivity contribution in [1.29, 1.82) is 0 Å². The van der Waals surface area contributed by atoms with Crippen molar-refractivity contribution in [2.24, 2.45) is 0 Å². The molecule has 21 heavy (non-hydrogen) atoms. The monoisotopic (exact) mass is 292 g/mol. The van der Waals surface area contributed by atoms with E-state index in [-0.39, 0.29) is 11.1 Å². The van der Waals surface area contributed by atoms with Gasteiger partial charge < -0.3 is 20.5 Å². The Bertz CT molecular complexity index is 551. The topological polar surface area (TPSA) is 87.7 Å². The van der Waals surface area contributed by atoms with Crippen molar-refractivity contribution in [2.75, 3.05) is 18.5 Å². The Balaban J connectivity index is 2.07. The number of carbonyl (C=O) groups excluding carboxylic acids is 1. The molecular weight excluding hydrogens is 272 g/mol. The van der Waals surface area contributed by atoms with Gasteiger partial charge in [0.05, 0.1) is 11.3 Å². The molecule has 3 N–H and O–H groups in total. The van der Waals surface area contributed by atoms with E-state index in [1.165, 1.54) is 6.07 Å². The summed E-state index contributed by atoms with van der Waals surface area (Å²) in [4.78, 5) is 23.3. The fourth-order valence-electron chi connectivity index (χ4n) is 2.32. The Hall–Kier alpha value is -2.08. The average Bonchev–Trinajstić information content (AvgIpc) is 2.40. The Morgan fingerprint density at radius 2 is 1.95 bits per heavy atom. The first-order valence-corrected chi connectivity index (χ1v) is 6.90. The lowest BCUT2D eigenvalue weighted by Gasteiger charge is -2.34. The molecule has 0 spiro atoms. The second-order valence-corrected chi connectivity index (χ2v) is 5.61. The molecule has 0 unspecified atom stereocenters. The summed E-state index contributed by atoms with van der Waals surface area (Å²) in [6, 6.07) is 4.50. The van der Waals surface area contributed by atoms with Gasteiger partial charge in [-0.1, -0.05) is 11.6 Å². The van der Waals surface area contributed by atoms with Crippen molar-refractivity contribution < 1.29 is 19.4 Å². The van der Waals surface area contributed by atoms with Gasteiger partial charge in [0, 0.05) is 18.8 Å². The molecule has 0 atom stereocenters. The van der Waals surface area contributed by atoms with Crippen LogP contribution in [0, 0.1) is 6.92 Å². The van der Waals surface area contributed by atoms with E-state index in [4.69, 9.17) is 4.74 Å². The molecule has 1 aromatic carbocycles. The molecule has 2 amide bonds. The summed E-state index contributed by atoms with van der Waals surface area (Å²) in [6.07, 6.45) is 1.47. The molecule has 0 aromatic heterocycles. The molecule has 1 fully saturated rings. The van der Waals surface area contributed by atoms with Crippen LogP contribution in [0.1, 0.15) is 35.7 Å². The summed E-state index contributed by atoms with van der Waals surface area (Å²) < 4.78 is 5.28. The van der Waals surface area contributed by atoms with Gasteiger partial charge in [0.25, 0.3) is 0 Å². The minimum Gasteiger partial charge on any atom is -0.478 e. The van der Waals surface area contributed by atoms with Gasteiger partial charge in [-0.25, -0.2) is 9.59 Å². The van der Waals surface area contributed by atoms with Crippen LogP contribution >= 0.6 is 0 Å². The van der Waals surface area contributed by atoms with Crippen molar-refractivity contribution in [3.05, 3.63) is 29.3 Å². The molecule has 0 bridgehead atoms. The van der Waals surface area contributed by atoms with E-state index in [9.17, 15) is 14.7 Å². The van der Waals surface area contributed by atoms with Crippen LogP contribution in [0.3, 0.4) is 0 Å². The quantitative estimate of drug-likeness (QED) is 0.798. The zero-order valence-electron chi connectivity index (χ0n) is 12.2. The lowest BCUT2D eigenvalue weighted by atomic mass is 9.93. The molecule has 6 heteroatoms. The highest BCUT2D eigenvalue weighted by molar-refractivity contribution is 6.00. The van der Waals surface area contributed by atoms with Crippen molar-refractivity contribution >= 4 is 17.7 Å². The second kappa shape index (κ2) is 6.13. The van der Waals surface area contributed by atoms with Crippen LogP contribution < -0.4 is 10.6 Å². The van der Waals surface area contributed by atoms with Crippen molar-refractivity contribution in [2.45, 2.75) is 32.2 Å². The number of nitrogens with one attached hydrogen (secondary N) is 2. The highest BCUT2D eigenvalue weighted by Crippen LogP contribution is 2.21. The zero-order valence-corrected chi connectivity index (χ0v) is 12.2. The number of benzene rings is 1. The average molecular weight is 292 g/mol. The van der Waals surface area contributed by atoms with Crippen molar-refractivity contribution in [3.8, 4) is 0 Å². The fraction of sp³-hybridized carbons (Fsp3) is 0.467. The minimum absolute atomic E-state index is 0.0854. The van der Waals surface area contributed by atoms with Gasteiger partial charge in [0.1, 0.15) is 0 Å². The van der Waals surface area contributed by atoms with Crippen LogP contribution in [0.4, 0.5) is 10.5 Å². The molecule has 114 valence electrons. The maximum Gasteiger partial charge on any atom is 0.337 e. The number of amides is 2. The summed E-state index contributed by atoms with van der Waals surface area (Å²) in [7, 11) is 0. The number of anilines is 1. The van der Waals surface area contributed by atoms with Gasteiger partial charge in [-0.05, 0) is 38.8 Å². The van der Waals surface area contributed by atoms with Gasteiger partial charge in [0.15, 0.2) is 0 Å². The van der Waals surface area contributed by atoms with Gasteiger partial charge in [-0.2, -0.15) is 0 Å². The highest BCUT2D eigenvalue weighted by atomic mass is 16.5. The summed E-state index contributed by atoms with van der Waals surface area (Å²) in [5, 5.41) is 14.7. The smallest absolute Gasteiger partial charge is 0.337 e. The van der Waals surface area contributed by atoms with Gasteiger partial charge >= 0.3 is 12.0 Å². The standard InChI is InChI=1S/C15H20N2O4/c1-10-3-4-12(11(9-10)13(18)19)16-14(20)17-15(2)5-7-21-8-6-15/h3-4,9H,5-8H2,1-2H3,(H,18,19)(H2,16,17,20). The summed E-state index contributed by atoms with van der Waals surface area (Å²) in [5.41, 5.74) is 0.884. The Morgan fingerprint density at radius 3 is 2.57 bits per heavy atom. The molecular formula is C15H20N2O4.